The molecule has 1 aliphatic carbocycles. The lowest BCUT2D eigenvalue weighted by molar-refractivity contribution is -0.385. The zero-order chi connectivity index (χ0) is 13.8. The van der Waals surface area contributed by atoms with Crippen LogP contribution in [0.5, 0.6) is 0 Å². The van der Waals surface area contributed by atoms with E-state index < -0.39 is 4.92 Å². The third-order valence-corrected chi connectivity index (χ3v) is 3.30. The molecule has 0 saturated heterocycles. The van der Waals surface area contributed by atoms with Crippen molar-refractivity contribution in [2.24, 2.45) is 5.73 Å². The Kier molecular flexibility index (Phi) is 3.92. The lowest BCUT2D eigenvalue weighted by Crippen LogP contribution is -2.33. The van der Waals surface area contributed by atoms with Crippen LogP contribution in [0.3, 0.4) is 0 Å². The highest BCUT2D eigenvalue weighted by Crippen LogP contribution is 2.23. The molecule has 0 unspecified atom stereocenters. The number of nitriles is 1. The van der Waals surface area contributed by atoms with E-state index in [4.69, 9.17) is 11.0 Å². The molecule has 7 heteroatoms. The second-order valence-electron chi connectivity index (χ2n) is 4.69. The van der Waals surface area contributed by atoms with Gasteiger partial charge in [-0.1, -0.05) is 0 Å². The van der Waals surface area contributed by atoms with Gasteiger partial charge in [-0.05, 0) is 31.7 Å². The zero-order valence-corrected chi connectivity index (χ0v) is 10.4. The van der Waals surface area contributed by atoms with Gasteiger partial charge in [-0.25, -0.2) is 4.98 Å². The summed E-state index contributed by atoms with van der Waals surface area (Å²) in [5.41, 5.74) is 5.40. The highest BCUT2D eigenvalue weighted by molar-refractivity contribution is 5.50. The summed E-state index contributed by atoms with van der Waals surface area (Å²) in [6.07, 6.45) is 3.80. The van der Waals surface area contributed by atoms with Gasteiger partial charge in [-0.15, -0.1) is 0 Å². The van der Waals surface area contributed by atoms with E-state index in [1.165, 1.54) is 12.1 Å². The molecular weight excluding hydrogens is 246 g/mol. The number of nitrogens with two attached hydrogens (primary N) is 1. The van der Waals surface area contributed by atoms with Crippen molar-refractivity contribution in [1.29, 1.82) is 5.26 Å². The molecule has 1 aromatic rings. The van der Waals surface area contributed by atoms with Crippen LogP contribution < -0.4 is 11.1 Å². The van der Waals surface area contributed by atoms with Crippen LogP contribution in [0.4, 0.5) is 11.5 Å². The van der Waals surface area contributed by atoms with Crippen molar-refractivity contribution >= 4 is 11.5 Å². The van der Waals surface area contributed by atoms with Crippen LogP contribution in [-0.4, -0.2) is 22.0 Å². The summed E-state index contributed by atoms with van der Waals surface area (Å²) < 4.78 is 0. The number of anilines is 1. The Balaban J connectivity index is 2.09. The van der Waals surface area contributed by atoms with E-state index in [2.05, 4.69) is 10.3 Å². The van der Waals surface area contributed by atoms with Gasteiger partial charge in [0, 0.05) is 18.2 Å². The fourth-order valence-electron chi connectivity index (χ4n) is 2.23. The zero-order valence-electron chi connectivity index (χ0n) is 10.4. The molecule has 0 radical (unpaired) electrons. The molecule has 0 aliphatic heterocycles. The van der Waals surface area contributed by atoms with E-state index in [1.54, 1.807) is 6.07 Å². The molecule has 0 atom stereocenters. The summed E-state index contributed by atoms with van der Waals surface area (Å²) in [6.45, 7) is 0. The first kappa shape index (κ1) is 13.2. The minimum atomic E-state index is -0.602. The van der Waals surface area contributed by atoms with Gasteiger partial charge in [0.2, 0.25) is 5.69 Å². The minimum absolute atomic E-state index is 0.164. The second kappa shape index (κ2) is 5.63. The van der Waals surface area contributed by atoms with Gasteiger partial charge in [-0.2, -0.15) is 5.26 Å². The summed E-state index contributed by atoms with van der Waals surface area (Å²) in [6, 6.07) is 5.12. The molecule has 1 aliphatic rings. The molecule has 1 saturated carbocycles. The summed E-state index contributed by atoms with van der Waals surface area (Å²) in [5, 5.41) is 22.8. The quantitative estimate of drug-likeness (QED) is 0.629. The van der Waals surface area contributed by atoms with Crippen LogP contribution in [0, 0.1) is 21.4 Å². The topological polar surface area (TPSA) is 118 Å². The molecule has 100 valence electrons. The lowest BCUT2D eigenvalue weighted by atomic mass is 9.92. The van der Waals surface area contributed by atoms with E-state index in [1.807, 2.05) is 0 Å². The van der Waals surface area contributed by atoms with Crippen LogP contribution in [0.2, 0.25) is 0 Å². The maximum absolute atomic E-state index is 10.7. The van der Waals surface area contributed by atoms with Gasteiger partial charge >= 0.3 is 5.69 Å². The lowest BCUT2D eigenvalue weighted by Gasteiger charge is -2.27. The molecule has 0 aromatic carbocycles. The van der Waals surface area contributed by atoms with Crippen molar-refractivity contribution in [3.63, 3.8) is 0 Å². The maximum Gasteiger partial charge on any atom is 0.305 e. The number of hydrogen-bond acceptors (Lipinski definition) is 6. The third kappa shape index (κ3) is 3.17. The molecule has 0 amide bonds. The van der Waals surface area contributed by atoms with E-state index >= 15 is 0 Å². The molecule has 2 rings (SSSR count). The van der Waals surface area contributed by atoms with Crippen molar-refractivity contribution < 1.29 is 4.92 Å². The molecule has 1 aromatic heterocycles. The standard InChI is InChI=1S/C12H15N5O2/c13-7-10-11(17(18)19)5-6-12(16-10)15-9-3-1-8(14)2-4-9/h5-6,8-9H,1-4,14H2,(H,15,16). The largest absolute Gasteiger partial charge is 0.367 e. The highest BCUT2D eigenvalue weighted by Gasteiger charge is 2.20. The Bertz CT molecular complexity index is 517. The first-order chi connectivity index (χ1) is 9.10. The average molecular weight is 261 g/mol. The molecule has 3 N–H and O–H groups in total. The number of rotatable bonds is 3. The Hall–Kier alpha value is -2.20. The van der Waals surface area contributed by atoms with Gasteiger partial charge in [0.1, 0.15) is 11.9 Å². The minimum Gasteiger partial charge on any atom is -0.367 e. The van der Waals surface area contributed by atoms with Gasteiger partial charge < -0.3 is 11.1 Å². The maximum atomic E-state index is 10.7. The van der Waals surface area contributed by atoms with Crippen molar-refractivity contribution in [2.75, 3.05) is 5.32 Å². The molecule has 1 heterocycles. The van der Waals surface area contributed by atoms with Crippen LogP contribution in [-0.2, 0) is 0 Å². The number of aromatic nitrogens is 1. The van der Waals surface area contributed by atoms with Gasteiger partial charge in [0.15, 0.2) is 0 Å². The fraction of sp³-hybridized carbons (Fsp3) is 0.500. The molecule has 0 bridgehead atoms. The van der Waals surface area contributed by atoms with Crippen LogP contribution in [0.1, 0.15) is 31.4 Å². The smallest absolute Gasteiger partial charge is 0.305 e. The Morgan fingerprint density at radius 2 is 2.11 bits per heavy atom. The number of nitrogens with zero attached hydrogens (tertiary/aromatic N) is 3. The molecule has 0 spiro atoms. The molecule has 19 heavy (non-hydrogen) atoms. The van der Waals surface area contributed by atoms with Gasteiger partial charge in [0.05, 0.1) is 4.92 Å². The number of hydrogen-bond donors (Lipinski definition) is 2. The Labute approximate surface area is 110 Å². The third-order valence-electron chi connectivity index (χ3n) is 3.30. The first-order valence-electron chi connectivity index (χ1n) is 6.18. The first-order valence-corrected chi connectivity index (χ1v) is 6.18. The van der Waals surface area contributed by atoms with Crippen molar-refractivity contribution in [3.8, 4) is 6.07 Å². The average Bonchev–Trinajstić information content (AvgIpc) is 2.41. The van der Waals surface area contributed by atoms with Crippen molar-refractivity contribution in [1.82, 2.24) is 4.98 Å². The Morgan fingerprint density at radius 1 is 1.42 bits per heavy atom. The van der Waals surface area contributed by atoms with Crippen LogP contribution in [0.15, 0.2) is 12.1 Å². The monoisotopic (exact) mass is 261 g/mol. The number of pyridine rings is 1. The van der Waals surface area contributed by atoms with Crippen LogP contribution >= 0.6 is 0 Å². The molecular formula is C12H15N5O2. The fourth-order valence-corrected chi connectivity index (χ4v) is 2.23. The summed E-state index contributed by atoms with van der Waals surface area (Å²) in [7, 11) is 0. The second-order valence-corrected chi connectivity index (χ2v) is 4.69. The predicted molar refractivity (Wildman–Crippen MR) is 69.5 cm³/mol. The predicted octanol–water partition coefficient (Wildman–Crippen LogP) is 1.54. The van der Waals surface area contributed by atoms with Crippen molar-refractivity contribution in [3.05, 3.63) is 27.9 Å². The molecule has 1 fully saturated rings. The molecule has 7 nitrogen and oxygen atoms in total. The summed E-state index contributed by atoms with van der Waals surface area (Å²) >= 11 is 0. The van der Waals surface area contributed by atoms with E-state index in [9.17, 15) is 10.1 Å². The normalized spacial score (nSPS) is 22.5. The number of nitro groups is 1. The van der Waals surface area contributed by atoms with E-state index in [0.29, 0.717) is 5.82 Å². The summed E-state index contributed by atoms with van der Waals surface area (Å²) in [5.74, 6) is 0.502. The van der Waals surface area contributed by atoms with E-state index in [-0.39, 0.29) is 23.5 Å². The summed E-state index contributed by atoms with van der Waals surface area (Å²) in [4.78, 5) is 14.1. The highest BCUT2D eigenvalue weighted by atomic mass is 16.6. The van der Waals surface area contributed by atoms with Crippen LogP contribution in [0.25, 0.3) is 0 Å². The van der Waals surface area contributed by atoms with Crippen molar-refractivity contribution in [2.45, 2.75) is 37.8 Å². The van der Waals surface area contributed by atoms with Gasteiger partial charge in [0.25, 0.3) is 0 Å². The van der Waals surface area contributed by atoms with Gasteiger partial charge in [-0.3, -0.25) is 10.1 Å². The van der Waals surface area contributed by atoms with E-state index in [0.717, 1.165) is 25.7 Å². The number of nitrogens with one attached hydrogen (secondary N) is 1. The SMILES string of the molecule is N#Cc1nc(NC2CCC(N)CC2)ccc1[N+](=O)[O-]. The Morgan fingerprint density at radius 3 is 2.68 bits per heavy atom.